The molecule has 1 aliphatic heterocycles. The summed E-state index contributed by atoms with van der Waals surface area (Å²) in [4.78, 5) is 27.0. The predicted molar refractivity (Wildman–Crippen MR) is 129 cm³/mol. The van der Waals surface area contributed by atoms with Gasteiger partial charge in [0.25, 0.3) is 5.56 Å². The molecule has 6 rings (SSSR count). The number of benzene rings is 4. The maximum absolute atomic E-state index is 12.4. The lowest BCUT2D eigenvalue weighted by Crippen LogP contribution is -2.33. The maximum atomic E-state index is 12.4. The molecule has 1 unspecified atom stereocenters. The molecule has 0 saturated carbocycles. The van der Waals surface area contributed by atoms with E-state index in [0.717, 1.165) is 16.3 Å². The molecule has 3 N–H and O–H groups in total. The van der Waals surface area contributed by atoms with Gasteiger partial charge in [0.1, 0.15) is 17.9 Å². The average Bonchev–Trinajstić information content (AvgIpc) is 3.22. The third kappa shape index (κ3) is 3.28. The number of hydrogen-bond donors (Lipinski definition) is 3. The Kier molecular flexibility index (Phi) is 4.74. The first-order chi connectivity index (χ1) is 16.5. The standard InChI is InChI=1S/C27H20N2O5/c30-14-22-21(31)12-23(34-22)29-13-20(26(32)28-27(29)33)5-4-15-10-18-8-6-16-2-1-3-17-7-9-19(11-15)25(18)24(16)17/h1-3,6-11,13,21-23,30-31H,12,14H2,(H,28,32,33)/t21?,22-,23-/m1/s1. The molecule has 7 heteroatoms. The van der Waals surface area contributed by atoms with Crippen molar-refractivity contribution in [1.29, 1.82) is 0 Å². The molecule has 0 spiro atoms. The Bertz CT molecular complexity index is 1680. The van der Waals surface area contributed by atoms with E-state index < -0.39 is 29.7 Å². The quantitative estimate of drug-likeness (QED) is 0.282. The lowest BCUT2D eigenvalue weighted by atomic mass is 9.93. The molecule has 1 aromatic heterocycles. The number of H-pyrrole nitrogens is 1. The summed E-state index contributed by atoms with van der Waals surface area (Å²) in [5.74, 6) is 5.93. The highest BCUT2D eigenvalue weighted by Gasteiger charge is 2.35. The van der Waals surface area contributed by atoms with E-state index in [4.69, 9.17) is 4.74 Å². The number of nitrogens with one attached hydrogen (secondary N) is 1. The van der Waals surface area contributed by atoms with Crippen LogP contribution < -0.4 is 11.2 Å². The van der Waals surface area contributed by atoms with E-state index in [0.29, 0.717) is 0 Å². The summed E-state index contributed by atoms with van der Waals surface area (Å²) in [5.41, 5.74) is -0.399. The van der Waals surface area contributed by atoms with E-state index in [1.54, 1.807) is 0 Å². The lowest BCUT2D eigenvalue weighted by Gasteiger charge is -2.14. The van der Waals surface area contributed by atoms with Gasteiger partial charge in [0.2, 0.25) is 0 Å². The van der Waals surface area contributed by atoms with Crippen molar-refractivity contribution in [2.75, 3.05) is 6.61 Å². The van der Waals surface area contributed by atoms with Gasteiger partial charge in [0.05, 0.1) is 12.7 Å². The van der Waals surface area contributed by atoms with Crippen molar-refractivity contribution >= 4 is 32.3 Å². The van der Waals surface area contributed by atoms with E-state index in [1.807, 2.05) is 12.1 Å². The van der Waals surface area contributed by atoms with Crippen LogP contribution in [0.4, 0.5) is 0 Å². The Morgan fingerprint density at radius 3 is 2.26 bits per heavy atom. The zero-order valence-corrected chi connectivity index (χ0v) is 18.0. The summed E-state index contributed by atoms with van der Waals surface area (Å²) in [6.07, 6.45) is -1.01. The molecule has 0 radical (unpaired) electrons. The molecule has 1 fully saturated rings. The number of aliphatic hydroxyl groups excluding tert-OH is 2. The second-order valence-corrected chi connectivity index (χ2v) is 8.58. The Balaban J connectivity index is 1.42. The van der Waals surface area contributed by atoms with Gasteiger partial charge in [-0.2, -0.15) is 0 Å². The zero-order valence-electron chi connectivity index (χ0n) is 18.0. The molecule has 168 valence electrons. The van der Waals surface area contributed by atoms with Gasteiger partial charge in [-0.25, -0.2) is 4.79 Å². The van der Waals surface area contributed by atoms with Crippen LogP contribution in [0.3, 0.4) is 0 Å². The summed E-state index contributed by atoms with van der Waals surface area (Å²) in [7, 11) is 0. The molecule has 34 heavy (non-hydrogen) atoms. The van der Waals surface area contributed by atoms with Crippen molar-refractivity contribution in [2.45, 2.75) is 24.9 Å². The first-order valence-electron chi connectivity index (χ1n) is 11.0. The number of aromatic amines is 1. The van der Waals surface area contributed by atoms with Crippen molar-refractivity contribution in [3.8, 4) is 11.8 Å². The normalized spacial score (nSPS) is 20.2. The topological polar surface area (TPSA) is 105 Å². The molecular formula is C27H20N2O5. The van der Waals surface area contributed by atoms with E-state index in [1.165, 1.54) is 32.3 Å². The van der Waals surface area contributed by atoms with Crippen LogP contribution in [0, 0.1) is 11.8 Å². The van der Waals surface area contributed by atoms with Gasteiger partial charge in [-0.1, -0.05) is 54.3 Å². The summed E-state index contributed by atoms with van der Waals surface area (Å²) in [5, 5.41) is 26.2. The molecule has 1 saturated heterocycles. The largest absolute Gasteiger partial charge is 0.394 e. The number of nitrogens with zero attached hydrogens (tertiary/aromatic N) is 1. The van der Waals surface area contributed by atoms with Gasteiger partial charge in [-0.3, -0.25) is 14.3 Å². The lowest BCUT2D eigenvalue weighted by molar-refractivity contribution is -0.0459. The number of aliphatic hydroxyl groups is 2. The van der Waals surface area contributed by atoms with Crippen LogP contribution in [-0.2, 0) is 4.74 Å². The summed E-state index contributed by atoms with van der Waals surface area (Å²) >= 11 is 0. The average molecular weight is 452 g/mol. The van der Waals surface area contributed by atoms with E-state index in [9.17, 15) is 19.8 Å². The highest BCUT2D eigenvalue weighted by atomic mass is 16.5. The maximum Gasteiger partial charge on any atom is 0.330 e. The SMILES string of the molecule is O=c1[nH]c(=O)n([C@H]2CC(O)[C@@H](CO)O2)cc1C#Cc1cc2ccc3cccc4ccc(c1)c2c34. The fraction of sp³-hybridized carbons (Fsp3) is 0.185. The van der Waals surface area contributed by atoms with E-state index >= 15 is 0 Å². The Morgan fingerprint density at radius 2 is 1.62 bits per heavy atom. The number of rotatable bonds is 2. The van der Waals surface area contributed by atoms with Crippen LogP contribution in [0.5, 0.6) is 0 Å². The molecule has 1 aliphatic rings. The number of ether oxygens (including phenoxy) is 1. The summed E-state index contributed by atoms with van der Waals surface area (Å²) in [6, 6.07) is 18.6. The van der Waals surface area contributed by atoms with E-state index in [-0.39, 0.29) is 18.6 Å². The minimum Gasteiger partial charge on any atom is -0.394 e. The molecule has 0 bridgehead atoms. The highest BCUT2D eigenvalue weighted by molar-refractivity contribution is 6.23. The second kappa shape index (κ2) is 7.82. The Morgan fingerprint density at radius 1 is 0.971 bits per heavy atom. The Labute approximate surface area is 193 Å². The minimum absolute atomic E-state index is 0.107. The van der Waals surface area contributed by atoms with Crippen LogP contribution in [0.1, 0.15) is 23.8 Å². The molecular weight excluding hydrogens is 432 g/mol. The zero-order chi connectivity index (χ0) is 23.4. The smallest absolute Gasteiger partial charge is 0.330 e. The van der Waals surface area contributed by atoms with Gasteiger partial charge in [0, 0.05) is 18.2 Å². The van der Waals surface area contributed by atoms with Gasteiger partial charge in [0.15, 0.2) is 0 Å². The van der Waals surface area contributed by atoms with Crippen molar-refractivity contribution in [2.24, 2.45) is 0 Å². The molecule has 5 aromatic rings. The van der Waals surface area contributed by atoms with Crippen LogP contribution in [0.2, 0.25) is 0 Å². The third-order valence-corrected chi connectivity index (χ3v) is 6.47. The van der Waals surface area contributed by atoms with Crippen LogP contribution in [0.15, 0.2) is 70.4 Å². The van der Waals surface area contributed by atoms with Crippen LogP contribution in [-0.4, -0.2) is 38.6 Å². The molecule has 0 aliphatic carbocycles. The van der Waals surface area contributed by atoms with Gasteiger partial charge >= 0.3 is 5.69 Å². The summed E-state index contributed by atoms with van der Waals surface area (Å²) in [6.45, 7) is -0.363. The third-order valence-electron chi connectivity index (χ3n) is 6.47. The molecule has 3 atom stereocenters. The first-order valence-corrected chi connectivity index (χ1v) is 11.0. The van der Waals surface area contributed by atoms with Crippen molar-refractivity contribution in [1.82, 2.24) is 9.55 Å². The minimum atomic E-state index is -0.900. The fourth-order valence-electron chi connectivity index (χ4n) is 4.80. The van der Waals surface area contributed by atoms with Crippen molar-refractivity contribution < 1.29 is 14.9 Å². The monoisotopic (exact) mass is 452 g/mol. The fourth-order valence-corrected chi connectivity index (χ4v) is 4.80. The van der Waals surface area contributed by atoms with E-state index in [2.05, 4.69) is 59.3 Å². The molecule has 4 aromatic carbocycles. The summed E-state index contributed by atoms with van der Waals surface area (Å²) < 4.78 is 6.75. The predicted octanol–water partition coefficient (Wildman–Crippen LogP) is 2.47. The molecule has 0 amide bonds. The molecule has 2 heterocycles. The van der Waals surface area contributed by atoms with Crippen LogP contribution in [0.25, 0.3) is 32.3 Å². The van der Waals surface area contributed by atoms with Crippen molar-refractivity contribution in [3.05, 3.63) is 92.8 Å². The van der Waals surface area contributed by atoms with Gasteiger partial charge in [-0.15, -0.1) is 0 Å². The second-order valence-electron chi connectivity index (χ2n) is 8.58. The first kappa shape index (κ1) is 20.6. The highest BCUT2D eigenvalue weighted by Crippen LogP contribution is 2.35. The Hall–Kier alpha value is -3.96. The van der Waals surface area contributed by atoms with Gasteiger partial charge < -0.3 is 14.9 Å². The molecule has 7 nitrogen and oxygen atoms in total. The van der Waals surface area contributed by atoms with Crippen LogP contribution >= 0.6 is 0 Å². The van der Waals surface area contributed by atoms with Gasteiger partial charge in [-0.05, 0) is 44.5 Å². The number of aromatic nitrogens is 2. The number of hydrogen-bond acceptors (Lipinski definition) is 5. The van der Waals surface area contributed by atoms with Crippen molar-refractivity contribution in [3.63, 3.8) is 0 Å².